The molecule has 0 bridgehead atoms. The number of aryl methyl sites for hydroxylation is 1. The molecule has 1 N–H and O–H groups in total. The van der Waals surface area contributed by atoms with Crippen LogP contribution in [0.1, 0.15) is 47.8 Å². The maximum absolute atomic E-state index is 14.9. The maximum atomic E-state index is 14.9. The van der Waals surface area contributed by atoms with Crippen molar-refractivity contribution < 1.29 is 23.8 Å². The van der Waals surface area contributed by atoms with Crippen molar-refractivity contribution in [2.75, 3.05) is 56.8 Å². The summed E-state index contributed by atoms with van der Waals surface area (Å²) in [5.41, 5.74) is 1.93. The van der Waals surface area contributed by atoms with Gasteiger partial charge in [0, 0.05) is 31.1 Å². The van der Waals surface area contributed by atoms with Gasteiger partial charge >= 0.3 is 6.01 Å². The molecular weight excluding hydrogens is 501 g/mol. The second kappa shape index (κ2) is 9.91. The predicted octanol–water partition coefficient (Wildman–Crippen LogP) is 3.90. The van der Waals surface area contributed by atoms with Gasteiger partial charge in [0.2, 0.25) is 0 Å². The van der Waals surface area contributed by atoms with Crippen molar-refractivity contribution in [2.45, 2.75) is 44.7 Å². The van der Waals surface area contributed by atoms with Crippen LogP contribution in [0.5, 0.6) is 11.8 Å². The lowest BCUT2D eigenvalue weighted by atomic mass is 9.99. The fourth-order valence-electron chi connectivity index (χ4n) is 5.71. The Morgan fingerprint density at radius 3 is 2.74 bits per heavy atom. The van der Waals surface area contributed by atoms with E-state index in [4.69, 9.17) is 19.4 Å². The molecule has 2 aliphatic heterocycles. The van der Waals surface area contributed by atoms with Gasteiger partial charge in [0.15, 0.2) is 0 Å². The molecule has 206 valence electrons. The number of fused-ring (bicyclic) bond motifs is 2. The minimum Gasteiger partial charge on any atom is -0.508 e. The molecule has 2 aromatic carbocycles. The lowest BCUT2D eigenvalue weighted by Crippen LogP contribution is -2.36. The predicted molar refractivity (Wildman–Crippen MR) is 146 cm³/mol. The third kappa shape index (κ3) is 4.55. The first-order valence-corrected chi connectivity index (χ1v) is 13.6. The molecule has 39 heavy (non-hydrogen) atoms. The number of rotatable bonds is 7. The van der Waals surface area contributed by atoms with Crippen molar-refractivity contribution in [3.05, 3.63) is 46.9 Å². The third-order valence-corrected chi connectivity index (χ3v) is 8.26. The van der Waals surface area contributed by atoms with E-state index in [-0.39, 0.29) is 35.6 Å². The summed E-state index contributed by atoms with van der Waals surface area (Å²) in [7, 11) is 4.10. The smallest absolute Gasteiger partial charge is 0.318 e. The molecule has 1 amide bonds. The number of nitrogens with zero attached hydrogens (tertiary/aromatic N) is 5. The van der Waals surface area contributed by atoms with E-state index in [0.717, 1.165) is 19.3 Å². The first-order chi connectivity index (χ1) is 18.8. The number of ether oxygens (including phenoxy) is 2. The molecule has 0 radical (unpaired) electrons. The van der Waals surface area contributed by atoms with Crippen LogP contribution in [0.15, 0.2) is 24.3 Å². The van der Waals surface area contributed by atoms with Crippen molar-refractivity contribution in [3.8, 4) is 11.8 Å². The standard InChI is InChI=1S/C29H34FN5O4/c1-4-20-21(30)7-6-18-14-19(36)15-23(24(18)20)35-16-22-25(27(35)37)26(34-10-5-12-38-13-11-34)32-28(31-22)39-17-29(8-9-29)33(2)3/h6-7,14-15,36H,4-5,8-13,16-17H2,1-3H3. The lowest BCUT2D eigenvalue weighted by Gasteiger charge is -2.25. The highest BCUT2D eigenvalue weighted by molar-refractivity contribution is 6.16. The third-order valence-electron chi connectivity index (χ3n) is 8.26. The Morgan fingerprint density at radius 1 is 1.18 bits per heavy atom. The van der Waals surface area contributed by atoms with Gasteiger partial charge < -0.3 is 29.3 Å². The molecule has 2 fully saturated rings. The molecule has 1 aliphatic carbocycles. The van der Waals surface area contributed by atoms with E-state index in [1.165, 1.54) is 12.1 Å². The summed E-state index contributed by atoms with van der Waals surface area (Å²) >= 11 is 0. The molecule has 3 heterocycles. The molecule has 3 aliphatic rings. The topological polar surface area (TPSA) is 91.3 Å². The van der Waals surface area contributed by atoms with E-state index in [9.17, 15) is 14.3 Å². The van der Waals surface area contributed by atoms with Crippen LogP contribution in [0.25, 0.3) is 10.8 Å². The molecule has 0 spiro atoms. The molecule has 0 atom stereocenters. The summed E-state index contributed by atoms with van der Waals surface area (Å²) in [4.78, 5) is 29.4. The Bertz CT molecular complexity index is 1430. The van der Waals surface area contributed by atoms with Gasteiger partial charge in [0.05, 0.1) is 30.1 Å². The van der Waals surface area contributed by atoms with Crippen LogP contribution in [0, 0.1) is 5.82 Å². The van der Waals surface area contributed by atoms with Gasteiger partial charge in [0.25, 0.3) is 5.91 Å². The molecule has 3 aromatic rings. The Kier molecular flexibility index (Phi) is 6.55. The number of likely N-dealkylation sites (N-methyl/N-ethyl adjacent to an activating group) is 1. The number of aromatic nitrogens is 2. The molecule has 10 heteroatoms. The fraction of sp³-hybridized carbons (Fsp3) is 0.483. The normalized spacial score (nSPS) is 18.5. The van der Waals surface area contributed by atoms with Crippen LogP contribution >= 0.6 is 0 Å². The van der Waals surface area contributed by atoms with E-state index in [0.29, 0.717) is 78.4 Å². The van der Waals surface area contributed by atoms with Gasteiger partial charge in [-0.2, -0.15) is 9.97 Å². The molecule has 1 aromatic heterocycles. The van der Waals surface area contributed by atoms with Gasteiger partial charge in [-0.1, -0.05) is 13.0 Å². The Balaban J connectivity index is 1.43. The number of carbonyl (C=O) groups excluding carboxylic acids is 1. The van der Waals surface area contributed by atoms with Crippen molar-refractivity contribution in [1.82, 2.24) is 14.9 Å². The number of amides is 1. The van der Waals surface area contributed by atoms with E-state index < -0.39 is 0 Å². The van der Waals surface area contributed by atoms with Gasteiger partial charge in [-0.05, 0) is 62.9 Å². The largest absolute Gasteiger partial charge is 0.508 e. The zero-order chi connectivity index (χ0) is 27.3. The van der Waals surface area contributed by atoms with Crippen LogP contribution in [-0.4, -0.2) is 78.4 Å². The maximum Gasteiger partial charge on any atom is 0.318 e. The minimum absolute atomic E-state index is 0.00771. The van der Waals surface area contributed by atoms with Crippen molar-refractivity contribution in [2.24, 2.45) is 0 Å². The summed E-state index contributed by atoms with van der Waals surface area (Å²) in [6, 6.07) is 6.41. The van der Waals surface area contributed by atoms with Crippen molar-refractivity contribution in [1.29, 1.82) is 0 Å². The zero-order valence-electron chi connectivity index (χ0n) is 22.7. The van der Waals surface area contributed by atoms with Gasteiger partial charge in [-0.3, -0.25) is 4.79 Å². The molecule has 0 unspecified atom stereocenters. The molecule has 1 saturated heterocycles. The quantitative estimate of drug-likeness (QED) is 0.487. The Hall–Kier alpha value is -3.50. The highest BCUT2D eigenvalue weighted by atomic mass is 19.1. The van der Waals surface area contributed by atoms with E-state index in [2.05, 4.69) is 9.80 Å². The average molecular weight is 536 g/mol. The number of hydrogen-bond acceptors (Lipinski definition) is 8. The van der Waals surface area contributed by atoms with Crippen LogP contribution in [0.2, 0.25) is 0 Å². The highest BCUT2D eigenvalue weighted by Crippen LogP contribution is 2.42. The second-order valence-corrected chi connectivity index (χ2v) is 10.8. The van der Waals surface area contributed by atoms with Crippen molar-refractivity contribution in [3.63, 3.8) is 0 Å². The van der Waals surface area contributed by atoms with Crippen molar-refractivity contribution >= 4 is 28.2 Å². The summed E-state index contributed by atoms with van der Waals surface area (Å²) in [5, 5.41) is 11.8. The van der Waals surface area contributed by atoms with E-state index in [1.54, 1.807) is 17.0 Å². The number of benzene rings is 2. The van der Waals surface area contributed by atoms with Gasteiger partial charge in [0.1, 0.15) is 29.6 Å². The second-order valence-electron chi connectivity index (χ2n) is 10.8. The Labute approximate surface area is 227 Å². The molecule has 9 nitrogen and oxygen atoms in total. The van der Waals surface area contributed by atoms with Gasteiger partial charge in [-0.15, -0.1) is 0 Å². The minimum atomic E-state index is -0.336. The fourth-order valence-corrected chi connectivity index (χ4v) is 5.71. The summed E-state index contributed by atoms with van der Waals surface area (Å²) in [6.07, 6.45) is 3.36. The summed E-state index contributed by atoms with van der Waals surface area (Å²) in [5.74, 6) is -0.0685. The van der Waals surface area contributed by atoms with E-state index in [1.807, 2.05) is 21.0 Å². The summed E-state index contributed by atoms with van der Waals surface area (Å²) in [6.45, 7) is 4.99. The number of aromatic hydroxyl groups is 1. The number of phenols is 1. The van der Waals surface area contributed by atoms with Crippen LogP contribution in [0.4, 0.5) is 15.9 Å². The monoisotopic (exact) mass is 535 g/mol. The Morgan fingerprint density at radius 2 is 2.00 bits per heavy atom. The van der Waals surface area contributed by atoms with Crippen LogP contribution < -0.4 is 14.5 Å². The molecular formula is C29H34FN5O4. The number of halogens is 1. The summed E-state index contributed by atoms with van der Waals surface area (Å²) < 4.78 is 26.7. The first kappa shape index (κ1) is 25.8. The number of carbonyl (C=O) groups is 1. The molecule has 1 saturated carbocycles. The molecule has 6 rings (SSSR count). The number of anilines is 2. The number of hydrogen-bond donors (Lipinski definition) is 1. The van der Waals surface area contributed by atoms with Crippen LogP contribution in [0.3, 0.4) is 0 Å². The van der Waals surface area contributed by atoms with Gasteiger partial charge in [-0.25, -0.2) is 4.39 Å². The SMILES string of the molecule is CCc1c(F)ccc2cc(O)cc(N3Cc4nc(OCC5(N(C)C)CC5)nc(N5CCCOCC5)c4C3=O)c12. The number of phenolic OH excluding ortho intramolecular Hbond substituents is 1. The first-order valence-electron chi connectivity index (χ1n) is 13.6. The average Bonchev–Trinajstić information content (AvgIpc) is 3.70. The van der Waals surface area contributed by atoms with Crippen LogP contribution in [-0.2, 0) is 17.7 Å². The van der Waals surface area contributed by atoms with E-state index >= 15 is 0 Å². The highest BCUT2D eigenvalue weighted by Gasteiger charge is 2.46. The lowest BCUT2D eigenvalue weighted by molar-refractivity contribution is 0.0996. The zero-order valence-corrected chi connectivity index (χ0v) is 22.7.